The van der Waals surface area contributed by atoms with E-state index in [1.165, 1.54) is 17.2 Å². The van der Waals surface area contributed by atoms with Gasteiger partial charge in [-0.3, -0.25) is 9.59 Å². The molecule has 0 radical (unpaired) electrons. The Morgan fingerprint density at radius 3 is 2.66 bits per heavy atom. The molecule has 0 spiro atoms. The summed E-state index contributed by atoms with van der Waals surface area (Å²) in [5.41, 5.74) is 1.56. The highest BCUT2D eigenvalue weighted by atomic mass is 16.5. The lowest BCUT2D eigenvalue weighted by Gasteiger charge is -2.26. The van der Waals surface area contributed by atoms with E-state index < -0.39 is 23.5 Å². The summed E-state index contributed by atoms with van der Waals surface area (Å²) in [6.45, 7) is 2.83. The van der Waals surface area contributed by atoms with Crippen LogP contribution in [0.25, 0.3) is 6.08 Å². The van der Waals surface area contributed by atoms with E-state index in [0.29, 0.717) is 23.7 Å². The van der Waals surface area contributed by atoms with E-state index >= 15 is 0 Å². The summed E-state index contributed by atoms with van der Waals surface area (Å²) in [5.74, 6) is -0.379. The van der Waals surface area contributed by atoms with Gasteiger partial charge in [-0.2, -0.15) is 0 Å². The van der Waals surface area contributed by atoms with Gasteiger partial charge in [0.05, 0.1) is 31.0 Å². The molecule has 0 saturated carbocycles. The molecule has 3 aromatic rings. The quantitative estimate of drug-likeness (QED) is 0.273. The van der Waals surface area contributed by atoms with Crippen molar-refractivity contribution in [3.63, 3.8) is 0 Å². The van der Waals surface area contributed by atoms with Crippen molar-refractivity contribution in [1.29, 1.82) is 0 Å². The van der Waals surface area contributed by atoms with E-state index in [9.17, 15) is 14.7 Å². The standard InChI is InChI=1S/C29H29NO5/c1-2-3-7-17-34-23-13-8-12-22(19-23)27-26(25(31)16-15-21-10-5-4-6-11-21)28(32)29(33)30(27)20-24-14-9-18-35-24/h4-6,8-16,18-19,27,32H,2-3,7,17,20H2,1H3. The molecular formula is C29H29NO5. The number of aliphatic hydroxyl groups is 1. The van der Waals surface area contributed by atoms with E-state index in [-0.39, 0.29) is 12.1 Å². The molecule has 1 unspecified atom stereocenters. The van der Waals surface area contributed by atoms with Crippen LogP contribution in [0.5, 0.6) is 5.75 Å². The molecule has 1 aromatic heterocycles. The summed E-state index contributed by atoms with van der Waals surface area (Å²) < 4.78 is 11.4. The van der Waals surface area contributed by atoms with Crippen LogP contribution in [-0.4, -0.2) is 28.3 Å². The number of furan rings is 1. The Kier molecular flexibility index (Phi) is 7.83. The van der Waals surface area contributed by atoms with Gasteiger partial charge in [-0.05, 0) is 47.9 Å². The molecule has 180 valence electrons. The summed E-state index contributed by atoms with van der Waals surface area (Å²) in [6.07, 6.45) is 7.72. The van der Waals surface area contributed by atoms with Crippen molar-refractivity contribution in [1.82, 2.24) is 4.90 Å². The fourth-order valence-electron chi connectivity index (χ4n) is 4.13. The minimum absolute atomic E-state index is 0.0388. The van der Waals surface area contributed by atoms with Crippen LogP contribution in [0.4, 0.5) is 0 Å². The van der Waals surface area contributed by atoms with Crippen LogP contribution in [0.3, 0.4) is 0 Å². The fraction of sp³-hybridized carbons (Fsp3) is 0.241. The first-order valence-electron chi connectivity index (χ1n) is 11.8. The second-order valence-corrected chi connectivity index (χ2v) is 8.41. The largest absolute Gasteiger partial charge is 0.503 e. The topological polar surface area (TPSA) is 80.0 Å². The summed E-state index contributed by atoms with van der Waals surface area (Å²) in [7, 11) is 0. The zero-order chi connectivity index (χ0) is 24.6. The van der Waals surface area contributed by atoms with Gasteiger partial charge in [-0.25, -0.2) is 0 Å². The number of carbonyl (C=O) groups excluding carboxylic acids is 2. The van der Waals surface area contributed by atoms with E-state index in [1.807, 2.05) is 54.6 Å². The van der Waals surface area contributed by atoms with E-state index in [1.54, 1.807) is 18.2 Å². The van der Waals surface area contributed by atoms with Crippen molar-refractivity contribution < 1.29 is 23.8 Å². The smallest absolute Gasteiger partial charge is 0.290 e. The first-order valence-corrected chi connectivity index (χ1v) is 11.8. The Morgan fingerprint density at radius 2 is 1.91 bits per heavy atom. The number of ketones is 1. The van der Waals surface area contributed by atoms with Crippen LogP contribution in [0.1, 0.15) is 49.1 Å². The second-order valence-electron chi connectivity index (χ2n) is 8.41. The average Bonchev–Trinajstić information content (AvgIpc) is 3.48. The number of aliphatic hydroxyl groups excluding tert-OH is 1. The van der Waals surface area contributed by atoms with Crippen molar-refractivity contribution in [2.75, 3.05) is 6.61 Å². The number of benzene rings is 2. The van der Waals surface area contributed by atoms with Gasteiger partial charge in [0.2, 0.25) is 0 Å². The Bertz CT molecular complexity index is 1210. The number of allylic oxidation sites excluding steroid dienone is 1. The van der Waals surface area contributed by atoms with Gasteiger partial charge in [-0.1, -0.05) is 68.3 Å². The zero-order valence-corrected chi connectivity index (χ0v) is 19.7. The summed E-state index contributed by atoms with van der Waals surface area (Å²) in [4.78, 5) is 27.9. The SMILES string of the molecule is CCCCCOc1cccc(C2C(C(=O)C=Cc3ccccc3)=C(O)C(=O)N2Cc2ccco2)c1. The number of hydrogen-bond donors (Lipinski definition) is 1. The molecule has 1 aliphatic heterocycles. The van der Waals surface area contributed by atoms with Gasteiger partial charge in [0.1, 0.15) is 11.5 Å². The molecule has 1 aliphatic rings. The van der Waals surface area contributed by atoms with Crippen LogP contribution in [-0.2, 0) is 16.1 Å². The minimum atomic E-state index is -0.778. The lowest BCUT2D eigenvalue weighted by atomic mass is 9.95. The molecule has 2 aromatic carbocycles. The third kappa shape index (κ3) is 5.72. The zero-order valence-electron chi connectivity index (χ0n) is 19.7. The number of unbranched alkanes of at least 4 members (excludes halogenated alkanes) is 2. The van der Waals surface area contributed by atoms with Gasteiger partial charge < -0.3 is 19.2 Å². The predicted octanol–water partition coefficient (Wildman–Crippen LogP) is 6.03. The Balaban J connectivity index is 1.66. The van der Waals surface area contributed by atoms with Crippen LogP contribution in [0.15, 0.2) is 94.8 Å². The Labute approximate surface area is 205 Å². The number of amides is 1. The van der Waals surface area contributed by atoms with Crippen LogP contribution < -0.4 is 4.74 Å². The average molecular weight is 472 g/mol. The van der Waals surface area contributed by atoms with Gasteiger partial charge in [0.25, 0.3) is 5.91 Å². The summed E-state index contributed by atoms with van der Waals surface area (Å²) in [6, 6.07) is 19.4. The maximum absolute atomic E-state index is 13.3. The highest BCUT2D eigenvalue weighted by Gasteiger charge is 2.43. The third-order valence-corrected chi connectivity index (χ3v) is 5.89. The van der Waals surface area contributed by atoms with Crippen molar-refractivity contribution in [2.24, 2.45) is 0 Å². The Hall–Kier alpha value is -4.06. The van der Waals surface area contributed by atoms with Crippen LogP contribution in [0, 0.1) is 0 Å². The Morgan fingerprint density at radius 1 is 1.09 bits per heavy atom. The lowest BCUT2D eigenvalue weighted by molar-refractivity contribution is -0.130. The highest BCUT2D eigenvalue weighted by Crippen LogP contribution is 2.40. The highest BCUT2D eigenvalue weighted by molar-refractivity contribution is 6.14. The molecule has 4 rings (SSSR count). The number of carbonyl (C=O) groups is 2. The fourth-order valence-corrected chi connectivity index (χ4v) is 4.13. The number of hydrogen-bond acceptors (Lipinski definition) is 5. The van der Waals surface area contributed by atoms with Crippen molar-refractivity contribution in [3.8, 4) is 5.75 Å². The van der Waals surface area contributed by atoms with Crippen molar-refractivity contribution in [3.05, 3.63) is 107 Å². The van der Waals surface area contributed by atoms with Gasteiger partial charge in [-0.15, -0.1) is 0 Å². The van der Waals surface area contributed by atoms with E-state index in [4.69, 9.17) is 9.15 Å². The molecule has 0 aliphatic carbocycles. The summed E-state index contributed by atoms with van der Waals surface area (Å²) in [5, 5.41) is 10.8. The molecule has 1 N–H and O–H groups in total. The molecular weight excluding hydrogens is 442 g/mol. The van der Waals surface area contributed by atoms with Crippen molar-refractivity contribution in [2.45, 2.75) is 38.8 Å². The maximum atomic E-state index is 13.3. The predicted molar refractivity (Wildman–Crippen MR) is 134 cm³/mol. The first-order chi connectivity index (χ1) is 17.1. The minimum Gasteiger partial charge on any atom is -0.503 e. The first kappa shape index (κ1) is 24.1. The lowest BCUT2D eigenvalue weighted by Crippen LogP contribution is -2.30. The molecule has 0 bridgehead atoms. The normalized spacial score (nSPS) is 15.9. The number of nitrogens with zero attached hydrogens (tertiary/aromatic N) is 1. The van der Waals surface area contributed by atoms with E-state index in [0.717, 1.165) is 24.8 Å². The maximum Gasteiger partial charge on any atom is 0.290 e. The van der Waals surface area contributed by atoms with E-state index in [2.05, 4.69) is 6.92 Å². The monoisotopic (exact) mass is 471 g/mol. The molecule has 6 nitrogen and oxygen atoms in total. The third-order valence-electron chi connectivity index (χ3n) is 5.89. The van der Waals surface area contributed by atoms with Gasteiger partial charge >= 0.3 is 0 Å². The molecule has 0 saturated heterocycles. The molecule has 35 heavy (non-hydrogen) atoms. The van der Waals surface area contributed by atoms with Crippen LogP contribution in [0.2, 0.25) is 0 Å². The molecule has 2 heterocycles. The summed E-state index contributed by atoms with van der Waals surface area (Å²) >= 11 is 0. The van der Waals surface area contributed by atoms with Crippen molar-refractivity contribution >= 4 is 17.8 Å². The number of ether oxygens (including phenoxy) is 1. The molecule has 1 atom stereocenters. The van der Waals surface area contributed by atoms with Gasteiger partial charge in [0.15, 0.2) is 11.5 Å². The number of rotatable bonds is 11. The molecule has 1 amide bonds. The van der Waals surface area contributed by atoms with Gasteiger partial charge in [0, 0.05) is 0 Å². The molecule has 0 fully saturated rings. The molecule has 6 heteroatoms. The van der Waals surface area contributed by atoms with Crippen LogP contribution >= 0.6 is 0 Å². The second kappa shape index (κ2) is 11.4.